The van der Waals surface area contributed by atoms with Crippen molar-refractivity contribution in [3.63, 3.8) is 0 Å². The van der Waals surface area contributed by atoms with E-state index in [1.165, 1.54) is 12.8 Å². The Kier molecular flexibility index (Phi) is 9.28. The summed E-state index contributed by atoms with van der Waals surface area (Å²) in [5.74, 6) is 2.42. The van der Waals surface area contributed by atoms with Gasteiger partial charge in [0, 0.05) is 38.4 Å². The number of guanidine groups is 1. The van der Waals surface area contributed by atoms with E-state index in [4.69, 9.17) is 4.74 Å². The Labute approximate surface area is 156 Å². The van der Waals surface area contributed by atoms with Gasteiger partial charge in [-0.25, -0.2) is 4.98 Å². The molecule has 1 aromatic heterocycles. The van der Waals surface area contributed by atoms with Gasteiger partial charge < -0.3 is 15.0 Å². The second-order valence-corrected chi connectivity index (χ2v) is 5.91. The van der Waals surface area contributed by atoms with E-state index in [0.29, 0.717) is 13.2 Å². The zero-order valence-electron chi connectivity index (χ0n) is 14.4. The van der Waals surface area contributed by atoms with Crippen molar-refractivity contribution >= 4 is 29.9 Å². The smallest absolute Gasteiger partial charge is 0.218 e. The Balaban J connectivity index is 0.00000264. The van der Waals surface area contributed by atoms with Crippen LogP contribution in [0.15, 0.2) is 23.3 Å². The average Bonchev–Trinajstić information content (AvgIpc) is 2.54. The highest BCUT2D eigenvalue weighted by Crippen LogP contribution is 2.17. The highest BCUT2D eigenvalue weighted by Gasteiger charge is 2.19. The van der Waals surface area contributed by atoms with Crippen LogP contribution in [0, 0.1) is 5.92 Å². The van der Waals surface area contributed by atoms with Crippen molar-refractivity contribution < 1.29 is 4.74 Å². The van der Waals surface area contributed by atoms with Crippen LogP contribution in [0.2, 0.25) is 0 Å². The third-order valence-electron chi connectivity index (χ3n) is 3.90. The Hall–Kier alpha value is -1.05. The number of rotatable bonds is 5. The van der Waals surface area contributed by atoms with Crippen molar-refractivity contribution in [1.29, 1.82) is 0 Å². The highest BCUT2D eigenvalue weighted by molar-refractivity contribution is 14.0. The van der Waals surface area contributed by atoms with Gasteiger partial charge in [-0.1, -0.05) is 19.9 Å². The van der Waals surface area contributed by atoms with Crippen LogP contribution in [0.1, 0.15) is 38.7 Å². The molecule has 5 nitrogen and oxygen atoms in total. The highest BCUT2D eigenvalue weighted by atomic mass is 127. The van der Waals surface area contributed by atoms with E-state index in [1.54, 1.807) is 6.20 Å². The summed E-state index contributed by atoms with van der Waals surface area (Å²) >= 11 is 0. The largest absolute Gasteiger partial charge is 0.477 e. The number of pyridine rings is 1. The van der Waals surface area contributed by atoms with Crippen LogP contribution in [0.5, 0.6) is 5.88 Å². The summed E-state index contributed by atoms with van der Waals surface area (Å²) in [5.41, 5.74) is 1.07. The summed E-state index contributed by atoms with van der Waals surface area (Å²) < 4.78 is 5.71. The van der Waals surface area contributed by atoms with Crippen LogP contribution < -0.4 is 10.1 Å². The molecule has 0 saturated carbocycles. The van der Waals surface area contributed by atoms with Gasteiger partial charge in [-0.2, -0.15) is 0 Å². The van der Waals surface area contributed by atoms with Crippen molar-refractivity contribution in [3.05, 3.63) is 23.9 Å². The van der Waals surface area contributed by atoms with Gasteiger partial charge in [-0.3, -0.25) is 4.99 Å². The van der Waals surface area contributed by atoms with Crippen molar-refractivity contribution in [2.75, 3.05) is 26.7 Å². The van der Waals surface area contributed by atoms with Gasteiger partial charge in [-0.05, 0) is 31.2 Å². The van der Waals surface area contributed by atoms with Crippen LogP contribution in [-0.4, -0.2) is 42.6 Å². The molecule has 0 bridgehead atoms. The number of likely N-dealkylation sites (tertiary alicyclic amines) is 1. The molecule has 1 unspecified atom stereocenters. The first kappa shape index (κ1) is 20.0. The first-order valence-electron chi connectivity index (χ1n) is 8.26. The molecule has 2 heterocycles. The van der Waals surface area contributed by atoms with Crippen molar-refractivity contribution in [2.24, 2.45) is 10.9 Å². The second kappa shape index (κ2) is 10.7. The fourth-order valence-electron chi connectivity index (χ4n) is 2.78. The van der Waals surface area contributed by atoms with Crippen LogP contribution in [0.4, 0.5) is 0 Å². The van der Waals surface area contributed by atoms with E-state index < -0.39 is 0 Å². The number of nitrogens with one attached hydrogen (secondary N) is 1. The van der Waals surface area contributed by atoms with Gasteiger partial charge in [0.1, 0.15) is 0 Å². The van der Waals surface area contributed by atoms with Gasteiger partial charge in [0.25, 0.3) is 0 Å². The van der Waals surface area contributed by atoms with E-state index in [9.17, 15) is 0 Å². The lowest BCUT2D eigenvalue weighted by atomic mass is 10.0. The average molecular weight is 432 g/mol. The Morgan fingerprint density at radius 2 is 2.35 bits per heavy atom. The summed E-state index contributed by atoms with van der Waals surface area (Å²) in [4.78, 5) is 11.1. The number of hydrogen-bond donors (Lipinski definition) is 1. The lowest BCUT2D eigenvalue weighted by Crippen LogP contribution is -2.45. The van der Waals surface area contributed by atoms with Crippen LogP contribution >= 0.6 is 24.0 Å². The molecule has 1 aromatic rings. The summed E-state index contributed by atoms with van der Waals surface area (Å²) in [5, 5.41) is 3.45. The third kappa shape index (κ3) is 6.16. The maximum atomic E-state index is 5.71. The predicted molar refractivity (Wildman–Crippen MR) is 106 cm³/mol. The lowest BCUT2D eigenvalue weighted by molar-refractivity contribution is 0.265. The van der Waals surface area contributed by atoms with Crippen LogP contribution in [0.3, 0.4) is 0 Å². The maximum Gasteiger partial charge on any atom is 0.218 e. The van der Waals surface area contributed by atoms with E-state index >= 15 is 0 Å². The number of nitrogens with zero attached hydrogens (tertiary/aromatic N) is 3. The molecule has 1 fully saturated rings. The number of aromatic nitrogens is 1. The summed E-state index contributed by atoms with van der Waals surface area (Å²) in [6.07, 6.45) is 5.30. The van der Waals surface area contributed by atoms with Crippen molar-refractivity contribution in [2.45, 2.75) is 39.7 Å². The van der Waals surface area contributed by atoms with Crippen molar-refractivity contribution in [1.82, 2.24) is 15.2 Å². The number of halogens is 1. The molecule has 0 amide bonds. The molecule has 0 aromatic carbocycles. The molecular weight excluding hydrogens is 403 g/mol. The topological polar surface area (TPSA) is 49.8 Å². The van der Waals surface area contributed by atoms with Gasteiger partial charge in [0.05, 0.1) is 6.61 Å². The molecule has 0 aliphatic carbocycles. The molecule has 0 radical (unpaired) electrons. The fraction of sp³-hybridized carbons (Fsp3) is 0.647. The fourth-order valence-corrected chi connectivity index (χ4v) is 2.78. The van der Waals surface area contributed by atoms with Gasteiger partial charge >= 0.3 is 0 Å². The summed E-state index contributed by atoms with van der Waals surface area (Å²) in [7, 11) is 1.85. The number of hydrogen-bond acceptors (Lipinski definition) is 3. The maximum absolute atomic E-state index is 5.71. The zero-order chi connectivity index (χ0) is 15.8. The quantitative estimate of drug-likeness (QED) is 0.441. The van der Waals surface area contributed by atoms with Gasteiger partial charge in [0.15, 0.2) is 5.96 Å². The molecule has 1 aliphatic rings. The molecule has 1 N–H and O–H groups in total. The predicted octanol–water partition coefficient (Wildman–Crippen LogP) is 3.30. The van der Waals surface area contributed by atoms with E-state index in [-0.39, 0.29) is 24.0 Å². The monoisotopic (exact) mass is 432 g/mol. The zero-order valence-corrected chi connectivity index (χ0v) is 16.7. The SMILES string of the molecule is CCCOc1ncccc1CNC(=NC)N1CCCC(C)C1.I. The number of ether oxygens (including phenoxy) is 1. The molecule has 0 spiro atoms. The van der Waals surface area contributed by atoms with Crippen molar-refractivity contribution in [3.8, 4) is 5.88 Å². The molecule has 1 saturated heterocycles. The summed E-state index contributed by atoms with van der Waals surface area (Å²) in [6, 6.07) is 4.00. The number of piperidine rings is 1. The second-order valence-electron chi connectivity index (χ2n) is 5.91. The van der Waals surface area contributed by atoms with E-state index in [1.807, 2.05) is 13.1 Å². The minimum absolute atomic E-state index is 0. The Morgan fingerprint density at radius 3 is 3.04 bits per heavy atom. The Morgan fingerprint density at radius 1 is 1.52 bits per heavy atom. The van der Waals surface area contributed by atoms with Gasteiger partial charge in [-0.15, -0.1) is 24.0 Å². The molecule has 1 aliphatic heterocycles. The Bertz CT molecular complexity index is 495. The molecule has 130 valence electrons. The molecule has 2 rings (SSSR count). The molecule has 23 heavy (non-hydrogen) atoms. The minimum Gasteiger partial charge on any atom is -0.477 e. The number of aliphatic imine (C=N–C) groups is 1. The van der Waals surface area contributed by atoms with Crippen LogP contribution in [-0.2, 0) is 6.54 Å². The van der Waals surface area contributed by atoms with Gasteiger partial charge in [0.2, 0.25) is 5.88 Å². The summed E-state index contributed by atoms with van der Waals surface area (Å²) in [6.45, 7) is 7.94. The third-order valence-corrected chi connectivity index (χ3v) is 3.90. The standard InChI is InChI=1S/C17H28N4O.HI/c1-4-11-22-16-15(8-5-9-19-16)12-20-17(18-3)21-10-6-7-14(2)13-21;/h5,8-9,14H,4,6-7,10-13H2,1-3H3,(H,18,20);1H. The normalized spacial score (nSPS) is 18.3. The first-order valence-corrected chi connectivity index (χ1v) is 8.26. The van der Waals surface area contributed by atoms with Crippen LogP contribution in [0.25, 0.3) is 0 Å². The molecule has 6 heteroatoms. The molecule has 1 atom stereocenters. The minimum atomic E-state index is 0. The van der Waals surface area contributed by atoms with E-state index in [0.717, 1.165) is 42.8 Å². The molecular formula is C17H29IN4O. The first-order chi connectivity index (χ1) is 10.7. The van der Waals surface area contributed by atoms with E-state index in [2.05, 4.69) is 40.1 Å². The lowest BCUT2D eigenvalue weighted by Gasteiger charge is -2.33.